The first-order valence-electron chi connectivity index (χ1n) is 4.11. The molecule has 0 saturated heterocycles. The maximum atomic E-state index is 11.6. The molecule has 0 radical (unpaired) electrons. The molecule has 0 saturated carbocycles. The lowest BCUT2D eigenvalue weighted by Crippen LogP contribution is -2.21. The second-order valence-corrected chi connectivity index (χ2v) is 3.98. The van der Waals surface area contributed by atoms with Gasteiger partial charge in [0, 0.05) is 5.41 Å². The summed E-state index contributed by atoms with van der Waals surface area (Å²) >= 11 is 0. The number of nitrogens with zero attached hydrogens (tertiary/aromatic N) is 1. The number of aromatic nitrogens is 1. The van der Waals surface area contributed by atoms with Gasteiger partial charge in [-0.1, -0.05) is 20.8 Å². The van der Waals surface area contributed by atoms with Crippen LogP contribution in [-0.2, 0) is 0 Å². The quantitative estimate of drug-likeness (QED) is 0.671. The number of Topliss-reactive ketones (excluding diaryl/α,β-unsaturated/α-hetero) is 1. The molecule has 13 heavy (non-hydrogen) atoms. The predicted octanol–water partition coefficient (Wildman–Crippen LogP) is 2.02. The molecule has 0 aliphatic heterocycles. The van der Waals surface area contributed by atoms with Gasteiger partial charge in [0.05, 0.1) is 6.20 Å². The van der Waals surface area contributed by atoms with E-state index in [0.29, 0.717) is 5.69 Å². The summed E-state index contributed by atoms with van der Waals surface area (Å²) in [5, 5.41) is 8.97. The zero-order valence-electron chi connectivity index (χ0n) is 8.03. The third kappa shape index (κ3) is 2.28. The molecule has 0 unspecified atom stereocenters. The van der Waals surface area contributed by atoms with E-state index in [9.17, 15) is 4.79 Å². The first-order chi connectivity index (χ1) is 5.91. The Morgan fingerprint density at radius 3 is 2.38 bits per heavy atom. The summed E-state index contributed by atoms with van der Waals surface area (Å²) in [6.07, 6.45) is 1.28. The van der Waals surface area contributed by atoms with Crippen LogP contribution in [0.5, 0.6) is 5.75 Å². The molecule has 0 atom stereocenters. The first-order valence-corrected chi connectivity index (χ1v) is 4.11. The van der Waals surface area contributed by atoms with E-state index in [4.69, 9.17) is 5.11 Å². The average Bonchev–Trinajstić information content (AvgIpc) is 2.03. The van der Waals surface area contributed by atoms with Crippen LogP contribution in [-0.4, -0.2) is 15.9 Å². The van der Waals surface area contributed by atoms with Crippen molar-refractivity contribution in [1.82, 2.24) is 4.98 Å². The number of carbonyl (C=O) groups is 1. The van der Waals surface area contributed by atoms with Crippen LogP contribution in [0.3, 0.4) is 0 Å². The minimum atomic E-state index is -0.427. The van der Waals surface area contributed by atoms with Gasteiger partial charge < -0.3 is 5.11 Å². The van der Waals surface area contributed by atoms with Gasteiger partial charge in [-0.25, -0.2) is 4.98 Å². The first kappa shape index (κ1) is 9.71. The fourth-order valence-corrected chi connectivity index (χ4v) is 0.905. The smallest absolute Gasteiger partial charge is 0.186 e. The molecule has 1 rings (SSSR count). The molecule has 0 amide bonds. The highest BCUT2D eigenvalue weighted by atomic mass is 16.3. The largest absolute Gasteiger partial charge is 0.506 e. The molecule has 0 aliphatic rings. The summed E-state index contributed by atoms with van der Waals surface area (Å²) in [5.41, 5.74) is -0.0328. The molecule has 0 aliphatic carbocycles. The molecule has 1 N–H and O–H groups in total. The van der Waals surface area contributed by atoms with Crippen LogP contribution < -0.4 is 0 Å². The highest BCUT2D eigenvalue weighted by Gasteiger charge is 2.23. The summed E-state index contributed by atoms with van der Waals surface area (Å²) in [6.45, 7) is 5.51. The van der Waals surface area contributed by atoms with Crippen LogP contribution in [0, 0.1) is 5.41 Å². The second-order valence-electron chi connectivity index (χ2n) is 3.98. The van der Waals surface area contributed by atoms with E-state index in [0.717, 1.165) is 0 Å². The molecule has 0 spiro atoms. The van der Waals surface area contributed by atoms with Crippen molar-refractivity contribution in [2.75, 3.05) is 0 Å². The number of hydrogen-bond acceptors (Lipinski definition) is 3. The Morgan fingerprint density at radius 1 is 1.38 bits per heavy atom. The molecular formula is C10H13NO2. The fraction of sp³-hybridized carbons (Fsp3) is 0.400. The van der Waals surface area contributed by atoms with Crippen LogP contribution in [0.1, 0.15) is 31.3 Å². The van der Waals surface area contributed by atoms with Crippen LogP contribution >= 0.6 is 0 Å². The van der Waals surface area contributed by atoms with Crippen molar-refractivity contribution < 1.29 is 9.90 Å². The topological polar surface area (TPSA) is 50.2 Å². The minimum Gasteiger partial charge on any atom is -0.506 e. The van der Waals surface area contributed by atoms with E-state index in [1.165, 1.54) is 18.3 Å². The van der Waals surface area contributed by atoms with E-state index >= 15 is 0 Å². The highest BCUT2D eigenvalue weighted by molar-refractivity contribution is 5.98. The van der Waals surface area contributed by atoms with Crippen molar-refractivity contribution in [3.8, 4) is 5.75 Å². The molecule has 1 aromatic heterocycles. The van der Waals surface area contributed by atoms with E-state index in [1.807, 2.05) is 20.8 Å². The monoisotopic (exact) mass is 179 g/mol. The summed E-state index contributed by atoms with van der Waals surface area (Å²) < 4.78 is 0. The van der Waals surface area contributed by atoms with Gasteiger partial charge in [0.2, 0.25) is 0 Å². The lowest BCUT2D eigenvalue weighted by molar-refractivity contribution is 0.0853. The summed E-state index contributed by atoms with van der Waals surface area (Å²) in [7, 11) is 0. The standard InChI is InChI=1S/C10H13NO2/c1-10(2,3)9(13)8-5-4-7(12)6-11-8/h4-6,12H,1-3H3. The van der Waals surface area contributed by atoms with E-state index in [1.54, 1.807) is 0 Å². The van der Waals surface area contributed by atoms with Crippen LogP contribution in [0.25, 0.3) is 0 Å². The predicted molar refractivity (Wildman–Crippen MR) is 49.7 cm³/mol. The van der Waals surface area contributed by atoms with Crippen molar-refractivity contribution >= 4 is 5.78 Å². The van der Waals surface area contributed by atoms with Crippen LogP contribution in [0.15, 0.2) is 18.3 Å². The maximum absolute atomic E-state index is 11.6. The third-order valence-electron chi connectivity index (χ3n) is 1.66. The molecule has 70 valence electrons. The Morgan fingerprint density at radius 2 is 2.00 bits per heavy atom. The van der Waals surface area contributed by atoms with Crippen LogP contribution in [0.4, 0.5) is 0 Å². The third-order valence-corrected chi connectivity index (χ3v) is 1.66. The molecule has 0 fully saturated rings. The van der Waals surface area contributed by atoms with Gasteiger partial charge in [0.25, 0.3) is 0 Å². The van der Waals surface area contributed by atoms with Crippen molar-refractivity contribution in [3.05, 3.63) is 24.0 Å². The van der Waals surface area contributed by atoms with Crippen LogP contribution in [0.2, 0.25) is 0 Å². The van der Waals surface area contributed by atoms with Gasteiger partial charge in [0.1, 0.15) is 11.4 Å². The number of carbonyl (C=O) groups excluding carboxylic acids is 1. The second kappa shape index (κ2) is 3.17. The zero-order valence-corrected chi connectivity index (χ0v) is 8.03. The maximum Gasteiger partial charge on any atom is 0.186 e. The Bertz CT molecular complexity index is 309. The molecule has 3 heteroatoms. The lowest BCUT2D eigenvalue weighted by Gasteiger charge is -2.15. The van der Waals surface area contributed by atoms with E-state index < -0.39 is 5.41 Å². The zero-order chi connectivity index (χ0) is 10.1. The van der Waals surface area contributed by atoms with Crippen molar-refractivity contribution in [3.63, 3.8) is 0 Å². The molecule has 0 aromatic carbocycles. The Hall–Kier alpha value is -1.38. The van der Waals surface area contributed by atoms with Gasteiger partial charge in [-0.2, -0.15) is 0 Å². The minimum absolute atomic E-state index is 0.0208. The Labute approximate surface area is 77.4 Å². The van der Waals surface area contributed by atoms with Gasteiger partial charge in [-0.05, 0) is 12.1 Å². The van der Waals surface area contributed by atoms with Crippen molar-refractivity contribution in [1.29, 1.82) is 0 Å². The molecular weight excluding hydrogens is 166 g/mol. The number of ketones is 1. The highest BCUT2D eigenvalue weighted by Crippen LogP contribution is 2.20. The lowest BCUT2D eigenvalue weighted by atomic mass is 9.89. The number of hydrogen-bond donors (Lipinski definition) is 1. The molecule has 1 heterocycles. The van der Waals surface area contributed by atoms with Gasteiger partial charge in [-0.15, -0.1) is 0 Å². The number of rotatable bonds is 1. The Balaban J connectivity index is 2.97. The van der Waals surface area contributed by atoms with Crippen molar-refractivity contribution in [2.24, 2.45) is 5.41 Å². The summed E-state index contributed by atoms with van der Waals surface area (Å²) in [6, 6.07) is 2.99. The van der Waals surface area contributed by atoms with Gasteiger partial charge in [-0.3, -0.25) is 4.79 Å². The SMILES string of the molecule is CC(C)(C)C(=O)c1ccc(O)cn1. The van der Waals surface area contributed by atoms with Gasteiger partial charge >= 0.3 is 0 Å². The summed E-state index contributed by atoms with van der Waals surface area (Å²) in [4.78, 5) is 15.5. The molecule has 1 aromatic rings. The number of pyridine rings is 1. The van der Waals surface area contributed by atoms with E-state index in [-0.39, 0.29) is 11.5 Å². The normalized spacial score (nSPS) is 11.3. The Kier molecular flexibility index (Phi) is 2.36. The average molecular weight is 179 g/mol. The summed E-state index contributed by atoms with van der Waals surface area (Å²) in [5.74, 6) is 0.0537. The fourth-order valence-electron chi connectivity index (χ4n) is 0.905. The molecule has 0 bridgehead atoms. The van der Waals surface area contributed by atoms with Crippen molar-refractivity contribution in [2.45, 2.75) is 20.8 Å². The molecule has 3 nitrogen and oxygen atoms in total. The number of aromatic hydroxyl groups is 1. The van der Waals surface area contributed by atoms with Gasteiger partial charge in [0.15, 0.2) is 5.78 Å². The van der Waals surface area contributed by atoms with E-state index in [2.05, 4.69) is 4.98 Å².